The van der Waals surface area contributed by atoms with Crippen molar-refractivity contribution in [2.45, 2.75) is 45.9 Å². The van der Waals surface area contributed by atoms with E-state index in [1.807, 2.05) is 44.2 Å². The van der Waals surface area contributed by atoms with E-state index in [1.165, 1.54) is 4.57 Å². The summed E-state index contributed by atoms with van der Waals surface area (Å²) < 4.78 is 6.90. The normalized spacial score (nSPS) is 16.3. The molecule has 0 radical (unpaired) electrons. The monoisotopic (exact) mass is 429 g/mol. The maximum atomic E-state index is 13.1. The number of H-pyrrole nitrogens is 1. The van der Waals surface area contributed by atoms with Gasteiger partial charge in [0.05, 0.1) is 19.3 Å². The molecule has 1 aromatic heterocycles. The van der Waals surface area contributed by atoms with Crippen molar-refractivity contribution in [3.8, 4) is 0 Å². The zero-order valence-electron chi connectivity index (χ0n) is 18.2. The number of hydrogen-bond donors (Lipinski definition) is 2. The fourth-order valence-corrected chi connectivity index (χ4v) is 3.75. The van der Waals surface area contributed by atoms with Crippen molar-refractivity contribution in [2.24, 2.45) is 0 Å². The summed E-state index contributed by atoms with van der Waals surface area (Å²) in [4.78, 5) is 44.0. The lowest BCUT2D eigenvalue weighted by Crippen LogP contribution is -2.49. The van der Waals surface area contributed by atoms with Crippen LogP contribution in [0.15, 0.2) is 39.9 Å². The summed E-state index contributed by atoms with van der Waals surface area (Å²) in [6, 6.07) is 9.54. The highest BCUT2D eigenvalue weighted by Crippen LogP contribution is 2.20. The van der Waals surface area contributed by atoms with Gasteiger partial charge < -0.3 is 20.3 Å². The Kier molecular flexibility index (Phi) is 7.51. The molecule has 1 unspecified atom stereocenters. The molecule has 2 heterocycles. The molecular weight excluding hydrogens is 398 g/mol. The Morgan fingerprint density at radius 1 is 1.29 bits per heavy atom. The van der Waals surface area contributed by atoms with Gasteiger partial charge >= 0.3 is 5.69 Å². The highest BCUT2D eigenvalue weighted by molar-refractivity contribution is 5.82. The summed E-state index contributed by atoms with van der Waals surface area (Å²) in [5, 5.41) is 0. The molecule has 9 nitrogen and oxygen atoms in total. The van der Waals surface area contributed by atoms with Gasteiger partial charge in [0.2, 0.25) is 5.91 Å². The van der Waals surface area contributed by atoms with Crippen LogP contribution in [0.25, 0.3) is 0 Å². The molecule has 0 spiro atoms. The van der Waals surface area contributed by atoms with E-state index in [0.29, 0.717) is 32.8 Å². The molecule has 1 fully saturated rings. The van der Waals surface area contributed by atoms with Crippen LogP contribution >= 0.6 is 0 Å². The molecule has 1 amide bonds. The number of benzene rings is 1. The zero-order chi connectivity index (χ0) is 22.4. The van der Waals surface area contributed by atoms with Crippen molar-refractivity contribution in [3.63, 3.8) is 0 Å². The Hall–Kier alpha value is -3.07. The first kappa shape index (κ1) is 22.6. The number of nitrogens with two attached hydrogens (primary N) is 1. The fraction of sp³-hybridized carbons (Fsp3) is 0.500. The third-order valence-corrected chi connectivity index (χ3v) is 5.40. The molecule has 0 aliphatic carbocycles. The Labute approximate surface area is 181 Å². The van der Waals surface area contributed by atoms with E-state index in [9.17, 15) is 14.4 Å². The van der Waals surface area contributed by atoms with Crippen molar-refractivity contribution < 1.29 is 9.53 Å². The highest BCUT2D eigenvalue weighted by atomic mass is 16.5. The average molecular weight is 430 g/mol. The molecule has 0 saturated carbocycles. The minimum absolute atomic E-state index is 0.0269. The number of amides is 1. The minimum Gasteiger partial charge on any atom is -0.383 e. The number of nitrogens with zero attached hydrogens (tertiary/aromatic N) is 3. The van der Waals surface area contributed by atoms with E-state index in [0.717, 1.165) is 18.4 Å². The number of carbonyl (C=O) groups excluding carboxylic acids is 1. The molecule has 3 N–H and O–H groups in total. The highest BCUT2D eigenvalue weighted by Gasteiger charge is 2.26. The van der Waals surface area contributed by atoms with Gasteiger partial charge in [-0.25, -0.2) is 4.79 Å². The second-order valence-electron chi connectivity index (χ2n) is 7.86. The fourth-order valence-electron chi connectivity index (χ4n) is 3.75. The summed E-state index contributed by atoms with van der Waals surface area (Å²) in [6.45, 7) is 6.11. The lowest BCUT2D eigenvalue weighted by molar-refractivity contribution is -0.136. The maximum absolute atomic E-state index is 13.1. The van der Waals surface area contributed by atoms with Gasteiger partial charge in [0.25, 0.3) is 5.56 Å². The first-order valence-corrected chi connectivity index (χ1v) is 10.7. The maximum Gasteiger partial charge on any atom is 0.330 e. The van der Waals surface area contributed by atoms with Crippen LogP contribution in [0.4, 0.5) is 11.5 Å². The van der Waals surface area contributed by atoms with Crippen molar-refractivity contribution in [1.29, 1.82) is 0 Å². The Bertz CT molecular complexity index is 1000. The third-order valence-electron chi connectivity index (χ3n) is 5.40. The minimum atomic E-state index is -0.589. The van der Waals surface area contributed by atoms with E-state index in [4.69, 9.17) is 10.5 Å². The van der Waals surface area contributed by atoms with Gasteiger partial charge in [-0.1, -0.05) is 43.7 Å². The molecule has 9 heteroatoms. The second-order valence-corrected chi connectivity index (χ2v) is 7.86. The number of rotatable bonds is 8. The van der Waals surface area contributed by atoms with Crippen molar-refractivity contribution in [3.05, 3.63) is 56.7 Å². The van der Waals surface area contributed by atoms with Gasteiger partial charge in [-0.3, -0.25) is 19.1 Å². The van der Waals surface area contributed by atoms with E-state index in [2.05, 4.69) is 4.98 Å². The van der Waals surface area contributed by atoms with E-state index in [1.54, 1.807) is 9.80 Å². The van der Waals surface area contributed by atoms with Crippen LogP contribution in [-0.4, -0.2) is 52.7 Å². The van der Waals surface area contributed by atoms with Crippen LogP contribution in [-0.2, 0) is 22.6 Å². The number of hydrogen-bond acceptors (Lipinski definition) is 6. The molecule has 1 saturated heterocycles. The van der Waals surface area contributed by atoms with Crippen LogP contribution in [0, 0.1) is 0 Å². The van der Waals surface area contributed by atoms with E-state index in [-0.39, 0.29) is 30.1 Å². The number of morpholine rings is 1. The number of anilines is 2. The predicted octanol–water partition coefficient (Wildman–Crippen LogP) is 1.17. The summed E-state index contributed by atoms with van der Waals surface area (Å²) in [6.07, 6.45) is 1.59. The molecule has 0 bridgehead atoms. The molecule has 1 aliphatic heterocycles. The summed E-state index contributed by atoms with van der Waals surface area (Å²) in [5.41, 5.74) is 6.26. The third kappa shape index (κ3) is 5.55. The van der Waals surface area contributed by atoms with Crippen molar-refractivity contribution in [1.82, 2.24) is 14.5 Å². The van der Waals surface area contributed by atoms with Crippen molar-refractivity contribution >= 4 is 17.4 Å². The Morgan fingerprint density at radius 2 is 2.03 bits per heavy atom. The molecular formula is C22H31N5O4. The lowest BCUT2D eigenvalue weighted by atomic mass is 10.2. The molecule has 168 valence electrons. The first-order valence-electron chi connectivity index (χ1n) is 10.7. The van der Waals surface area contributed by atoms with Crippen LogP contribution in [0.1, 0.15) is 32.3 Å². The summed E-state index contributed by atoms with van der Waals surface area (Å²) >= 11 is 0. The number of nitrogen functional groups attached to an aromatic ring is 1. The number of carbonyl (C=O) groups is 1. The largest absolute Gasteiger partial charge is 0.383 e. The number of ether oxygens (including phenoxy) is 1. The SMILES string of the molecule is CCCCn1c(N)c(N(CC(=O)N2CCOC(C)C2)Cc2ccccc2)c(=O)[nH]c1=O. The summed E-state index contributed by atoms with van der Waals surface area (Å²) in [5.74, 6) is -0.0301. The number of aromatic amines is 1. The Morgan fingerprint density at radius 3 is 2.71 bits per heavy atom. The van der Waals surface area contributed by atoms with Gasteiger partial charge in [-0.05, 0) is 18.9 Å². The number of nitrogens with one attached hydrogen (secondary N) is 1. The quantitative estimate of drug-likeness (QED) is 0.651. The van der Waals surface area contributed by atoms with Crippen molar-refractivity contribution in [2.75, 3.05) is 36.9 Å². The second kappa shape index (κ2) is 10.3. The van der Waals surface area contributed by atoms with Gasteiger partial charge in [0, 0.05) is 26.2 Å². The zero-order valence-corrected chi connectivity index (χ0v) is 18.2. The van der Waals surface area contributed by atoms with E-state index < -0.39 is 11.2 Å². The van der Waals surface area contributed by atoms with Crippen LogP contribution in [0.2, 0.25) is 0 Å². The first-order chi connectivity index (χ1) is 14.9. The standard InChI is InChI=1S/C22H31N5O4/c1-3-4-10-27-20(23)19(21(29)24-22(27)30)26(14-17-8-6-5-7-9-17)15-18(28)25-11-12-31-16(2)13-25/h5-9,16H,3-4,10-15,23H2,1-2H3,(H,24,29,30). The summed E-state index contributed by atoms with van der Waals surface area (Å²) in [7, 11) is 0. The van der Waals surface area contributed by atoms with Crippen LogP contribution in [0.3, 0.4) is 0 Å². The van der Waals surface area contributed by atoms with Gasteiger partial charge in [0.15, 0.2) is 0 Å². The van der Waals surface area contributed by atoms with E-state index >= 15 is 0 Å². The topological polar surface area (TPSA) is 114 Å². The lowest BCUT2D eigenvalue weighted by Gasteiger charge is -2.33. The predicted molar refractivity (Wildman–Crippen MR) is 120 cm³/mol. The van der Waals surface area contributed by atoms with Crippen LogP contribution in [0.5, 0.6) is 0 Å². The van der Waals surface area contributed by atoms with Gasteiger partial charge in [-0.2, -0.15) is 0 Å². The number of aromatic nitrogens is 2. The van der Waals surface area contributed by atoms with Gasteiger partial charge in [-0.15, -0.1) is 0 Å². The van der Waals surface area contributed by atoms with Crippen LogP contribution < -0.4 is 21.9 Å². The van der Waals surface area contributed by atoms with Gasteiger partial charge in [0.1, 0.15) is 11.5 Å². The molecule has 1 aliphatic rings. The Balaban J connectivity index is 1.97. The molecule has 1 aromatic carbocycles. The molecule has 31 heavy (non-hydrogen) atoms. The molecule has 3 rings (SSSR count). The molecule has 1 atom stereocenters. The average Bonchev–Trinajstić information content (AvgIpc) is 2.74. The molecule has 2 aromatic rings. The smallest absolute Gasteiger partial charge is 0.330 e. The number of unbranched alkanes of at least 4 members (excludes halogenated alkanes) is 1.